The standard InChI is InChI=1S/C36H35ClN2O9/c1-22(40)39-21-33(41)38(20-23-13-26(44-2)16-27(14-23)45-3)32-12-11-25(37)15-31(32)36(39,24-9-7-6-8-10-24)34(35(42)43)48-30-18-28(46-4)17-29(19-30)47-5/h6-19,34H,20-21H2,1-5H3,(H,42,43)/t34-,36+/m1/s1. The van der Waals surface area contributed by atoms with E-state index in [1.165, 1.54) is 57.3 Å². The monoisotopic (exact) mass is 674 g/mol. The summed E-state index contributed by atoms with van der Waals surface area (Å²) in [6.45, 7) is 0.820. The number of carbonyl (C=O) groups excluding carboxylic acids is 2. The second kappa shape index (κ2) is 14.1. The van der Waals surface area contributed by atoms with Gasteiger partial charge in [0.1, 0.15) is 40.8 Å². The number of fused-ring (bicyclic) bond motifs is 1. The van der Waals surface area contributed by atoms with Crippen molar-refractivity contribution in [3.05, 3.63) is 107 Å². The zero-order valence-electron chi connectivity index (χ0n) is 27.1. The smallest absolute Gasteiger partial charge is 0.348 e. The number of carboxylic acids is 1. The van der Waals surface area contributed by atoms with E-state index in [2.05, 4.69) is 0 Å². The van der Waals surface area contributed by atoms with Gasteiger partial charge in [-0.2, -0.15) is 0 Å². The van der Waals surface area contributed by atoms with Gasteiger partial charge >= 0.3 is 5.97 Å². The molecule has 0 saturated carbocycles. The fourth-order valence-corrected chi connectivity index (χ4v) is 6.26. The summed E-state index contributed by atoms with van der Waals surface area (Å²) >= 11 is 6.66. The Labute approximate surface area is 283 Å². The molecule has 1 aliphatic heterocycles. The summed E-state index contributed by atoms with van der Waals surface area (Å²) in [4.78, 5) is 44.4. The van der Waals surface area contributed by atoms with Gasteiger partial charge in [0.25, 0.3) is 0 Å². The predicted octanol–water partition coefficient (Wildman–Crippen LogP) is 5.55. The molecule has 0 unspecified atom stereocenters. The minimum atomic E-state index is -1.92. The first-order valence-electron chi connectivity index (χ1n) is 14.8. The van der Waals surface area contributed by atoms with Crippen molar-refractivity contribution >= 4 is 35.1 Å². The molecule has 4 aromatic carbocycles. The maximum absolute atomic E-state index is 14.3. The van der Waals surface area contributed by atoms with E-state index in [-0.39, 0.29) is 22.9 Å². The molecule has 1 heterocycles. The molecular weight excluding hydrogens is 640 g/mol. The van der Waals surface area contributed by atoms with Crippen LogP contribution >= 0.6 is 11.6 Å². The van der Waals surface area contributed by atoms with Crippen molar-refractivity contribution in [1.29, 1.82) is 0 Å². The van der Waals surface area contributed by atoms with E-state index in [9.17, 15) is 19.5 Å². The molecule has 5 rings (SSSR count). The van der Waals surface area contributed by atoms with E-state index < -0.39 is 36.0 Å². The molecule has 2 atom stereocenters. The molecule has 1 N–H and O–H groups in total. The molecular formula is C36H35ClN2O9. The van der Waals surface area contributed by atoms with Crippen molar-refractivity contribution in [2.45, 2.75) is 25.1 Å². The highest BCUT2D eigenvalue weighted by Crippen LogP contribution is 2.48. The third-order valence-corrected chi connectivity index (χ3v) is 8.44. The number of amides is 2. The normalized spacial score (nSPS) is 16.3. The Hall–Kier alpha value is -5.42. The summed E-state index contributed by atoms with van der Waals surface area (Å²) in [5.41, 5.74) is -0.289. The SMILES string of the molecule is COc1cc(CN2C(=O)CN(C(C)=O)[C@](c3ccccc3)([C@H](Oc3cc(OC)cc(OC)c3)C(=O)O)c3cc(Cl)ccc32)cc(OC)c1. The van der Waals surface area contributed by atoms with Crippen LogP contribution in [0.2, 0.25) is 5.02 Å². The number of rotatable bonds is 11. The average molecular weight is 675 g/mol. The highest BCUT2D eigenvalue weighted by atomic mass is 35.5. The Kier molecular flexibility index (Phi) is 10.00. The molecule has 4 aromatic rings. The van der Waals surface area contributed by atoms with Crippen LogP contribution in [0.25, 0.3) is 0 Å². The Morgan fingerprint density at radius 3 is 1.88 bits per heavy atom. The van der Waals surface area contributed by atoms with Crippen molar-refractivity contribution in [3.63, 3.8) is 0 Å². The molecule has 0 saturated heterocycles. The summed E-state index contributed by atoms with van der Waals surface area (Å²) < 4.78 is 28.1. The van der Waals surface area contributed by atoms with E-state index in [1.54, 1.807) is 72.8 Å². The minimum Gasteiger partial charge on any atom is -0.497 e. The van der Waals surface area contributed by atoms with Crippen LogP contribution in [-0.4, -0.2) is 68.9 Å². The van der Waals surface area contributed by atoms with Gasteiger partial charge < -0.3 is 38.6 Å². The number of anilines is 1. The average Bonchev–Trinajstić information content (AvgIpc) is 3.19. The summed E-state index contributed by atoms with van der Waals surface area (Å²) in [7, 11) is 5.96. The van der Waals surface area contributed by atoms with E-state index in [0.29, 0.717) is 39.8 Å². The molecule has 0 aliphatic carbocycles. The number of aliphatic carboxylic acids is 1. The summed E-state index contributed by atoms with van der Waals surface area (Å²) in [5, 5.41) is 11.3. The molecule has 250 valence electrons. The zero-order valence-corrected chi connectivity index (χ0v) is 27.8. The lowest BCUT2D eigenvalue weighted by molar-refractivity contribution is -0.157. The van der Waals surface area contributed by atoms with Crippen molar-refractivity contribution in [2.75, 3.05) is 39.9 Å². The van der Waals surface area contributed by atoms with Crippen molar-refractivity contribution in [1.82, 2.24) is 4.90 Å². The maximum Gasteiger partial charge on any atom is 0.348 e. The fourth-order valence-electron chi connectivity index (χ4n) is 6.08. The molecule has 11 nitrogen and oxygen atoms in total. The number of ether oxygens (including phenoxy) is 5. The van der Waals surface area contributed by atoms with E-state index in [0.717, 1.165) is 0 Å². The number of methoxy groups -OCH3 is 4. The Balaban J connectivity index is 1.83. The lowest BCUT2D eigenvalue weighted by Crippen LogP contribution is -2.61. The lowest BCUT2D eigenvalue weighted by atomic mass is 9.75. The predicted molar refractivity (Wildman–Crippen MR) is 178 cm³/mol. The van der Waals surface area contributed by atoms with Crippen LogP contribution in [0.5, 0.6) is 28.7 Å². The molecule has 0 fully saturated rings. The first kappa shape index (κ1) is 33.9. The first-order valence-corrected chi connectivity index (χ1v) is 15.2. The van der Waals surface area contributed by atoms with Crippen LogP contribution in [0.15, 0.2) is 84.9 Å². The van der Waals surface area contributed by atoms with Gasteiger partial charge in [0.2, 0.25) is 17.9 Å². The number of hydrogen-bond acceptors (Lipinski definition) is 8. The van der Waals surface area contributed by atoms with Gasteiger partial charge in [-0.05, 0) is 41.5 Å². The topological polar surface area (TPSA) is 124 Å². The van der Waals surface area contributed by atoms with Crippen LogP contribution in [0.3, 0.4) is 0 Å². The molecule has 0 spiro atoms. The van der Waals surface area contributed by atoms with Gasteiger partial charge in [0.05, 0.1) is 40.7 Å². The van der Waals surface area contributed by atoms with E-state index in [4.69, 9.17) is 35.3 Å². The number of hydrogen-bond donors (Lipinski definition) is 1. The number of halogens is 1. The third kappa shape index (κ3) is 6.41. The van der Waals surface area contributed by atoms with Crippen LogP contribution in [0.1, 0.15) is 23.6 Å². The highest BCUT2D eigenvalue weighted by molar-refractivity contribution is 6.30. The Bertz CT molecular complexity index is 1790. The van der Waals surface area contributed by atoms with Gasteiger partial charge in [0, 0.05) is 41.8 Å². The van der Waals surface area contributed by atoms with Gasteiger partial charge in [-0.25, -0.2) is 4.79 Å². The minimum absolute atomic E-state index is 0.0311. The van der Waals surface area contributed by atoms with Crippen molar-refractivity contribution < 1.29 is 43.2 Å². The van der Waals surface area contributed by atoms with Crippen LogP contribution in [0, 0.1) is 0 Å². The second-order valence-electron chi connectivity index (χ2n) is 11.0. The molecule has 1 aliphatic rings. The molecule has 0 radical (unpaired) electrons. The number of nitrogens with zero attached hydrogens (tertiary/aromatic N) is 2. The van der Waals surface area contributed by atoms with E-state index >= 15 is 0 Å². The molecule has 0 aromatic heterocycles. The van der Waals surface area contributed by atoms with Crippen LogP contribution in [0.4, 0.5) is 5.69 Å². The summed E-state index contributed by atoms with van der Waals surface area (Å²) in [6.07, 6.45) is -1.82. The van der Waals surface area contributed by atoms with Crippen LogP contribution < -0.4 is 28.6 Å². The maximum atomic E-state index is 14.3. The second-order valence-corrected chi connectivity index (χ2v) is 11.4. The Morgan fingerprint density at radius 2 is 1.35 bits per heavy atom. The van der Waals surface area contributed by atoms with Gasteiger partial charge in [0.15, 0.2) is 0 Å². The molecule has 2 amide bonds. The zero-order chi connectivity index (χ0) is 34.6. The summed E-state index contributed by atoms with van der Waals surface area (Å²) in [5.74, 6) is -0.620. The fraction of sp³-hybridized carbons (Fsp3) is 0.250. The lowest BCUT2D eigenvalue weighted by Gasteiger charge is -2.46. The molecule has 12 heteroatoms. The van der Waals surface area contributed by atoms with Gasteiger partial charge in [-0.3, -0.25) is 9.59 Å². The van der Waals surface area contributed by atoms with Gasteiger partial charge in [-0.1, -0.05) is 41.9 Å². The molecule has 0 bridgehead atoms. The quantitative estimate of drug-likeness (QED) is 0.218. The summed E-state index contributed by atoms with van der Waals surface area (Å²) in [6, 6.07) is 23.3. The number of carbonyl (C=O) groups is 3. The number of carboxylic acid groups (broad SMARTS) is 1. The van der Waals surface area contributed by atoms with Crippen molar-refractivity contribution in [3.8, 4) is 28.7 Å². The largest absolute Gasteiger partial charge is 0.497 e. The first-order chi connectivity index (χ1) is 23.0. The van der Waals surface area contributed by atoms with Crippen molar-refractivity contribution in [2.24, 2.45) is 0 Å². The van der Waals surface area contributed by atoms with E-state index in [1.807, 2.05) is 0 Å². The highest BCUT2D eigenvalue weighted by Gasteiger charge is 2.57. The number of benzene rings is 4. The third-order valence-electron chi connectivity index (χ3n) is 8.21. The van der Waals surface area contributed by atoms with Gasteiger partial charge in [-0.15, -0.1) is 0 Å². The molecule has 48 heavy (non-hydrogen) atoms. The van der Waals surface area contributed by atoms with Crippen LogP contribution in [-0.2, 0) is 26.5 Å². The Morgan fingerprint density at radius 1 is 0.812 bits per heavy atom.